The standard InChI is InChI=1S/C80H63N3O2/c1-41(2)52-13-11-14-53(42(3)4)76(52)83-77(84)61-31-29-55-54-15-12-16-60-72(54)63(56-30-32-62(78(83)85)75(61)74(55)56)40-65-73(60)57-28-25-51(39-64(57)81-65)82(66-33-23-43-17-19-45-35-49(79(5,6)7)37-47-21-26-58(66)70(43)68(45)47)67-34-24-44-18-20-46-36-50(80(8,9)10)38-48-22-27-59(67)71(44)69(46)48/h11-42,81H,1-10H3. The lowest BCUT2D eigenvalue weighted by Crippen LogP contribution is -2.41. The van der Waals surface area contributed by atoms with Gasteiger partial charge in [0.05, 0.1) is 17.1 Å². The topological polar surface area (TPSA) is 56.4 Å². The lowest BCUT2D eigenvalue weighted by molar-refractivity contribution is 0.0892. The highest BCUT2D eigenvalue weighted by Gasteiger charge is 2.38. The zero-order valence-corrected chi connectivity index (χ0v) is 49.7. The molecular formula is C80H63N3O2. The molecule has 0 spiro atoms. The van der Waals surface area contributed by atoms with Crippen LogP contribution in [0.1, 0.15) is 124 Å². The molecule has 1 aliphatic heterocycles. The molecule has 0 bridgehead atoms. The molecule has 17 rings (SSSR count). The zero-order chi connectivity index (χ0) is 58.0. The summed E-state index contributed by atoms with van der Waals surface area (Å²) in [5, 5.41) is 25.7. The zero-order valence-electron chi connectivity index (χ0n) is 49.7. The van der Waals surface area contributed by atoms with E-state index in [1.165, 1.54) is 91.4 Å². The number of hydrogen-bond acceptors (Lipinski definition) is 3. The Morgan fingerprint density at radius 3 is 1.34 bits per heavy atom. The number of amides is 2. The molecular weight excluding hydrogens is 1030 g/mol. The molecule has 0 fully saturated rings. The fourth-order valence-corrected chi connectivity index (χ4v) is 15.3. The van der Waals surface area contributed by atoms with Gasteiger partial charge in [-0.05, 0) is 179 Å². The van der Waals surface area contributed by atoms with Gasteiger partial charge in [-0.15, -0.1) is 0 Å². The van der Waals surface area contributed by atoms with E-state index in [4.69, 9.17) is 0 Å². The van der Waals surface area contributed by atoms with Crippen LogP contribution in [0.4, 0.5) is 22.7 Å². The summed E-state index contributed by atoms with van der Waals surface area (Å²) in [7, 11) is 0. The maximum atomic E-state index is 15.1. The molecule has 2 heterocycles. The number of H-pyrrole nitrogens is 1. The Morgan fingerprint density at radius 2 is 0.812 bits per heavy atom. The molecule has 1 aromatic heterocycles. The lowest BCUT2D eigenvalue weighted by Gasteiger charge is -2.32. The molecule has 85 heavy (non-hydrogen) atoms. The van der Waals surface area contributed by atoms with Crippen LogP contribution in [0.2, 0.25) is 0 Å². The Kier molecular flexibility index (Phi) is 10.0. The molecule has 5 nitrogen and oxygen atoms in total. The minimum absolute atomic E-state index is 0.00804. The number of rotatable bonds is 6. The number of fused-ring (bicyclic) bond motifs is 6. The minimum atomic E-state index is -0.273. The van der Waals surface area contributed by atoms with E-state index in [1.807, 2.05) is 12.1 Å². The van der Waals surface area contributed by atoms with E-state index in [1.54, 1.807) is 0 Å². The molecule has 1 aliphatic rings. The van der Waals surface area contributed by atoms with Crippen molar-refractivity contribution >= 4 is 164 Å². The quantitative estimate of drug-likeness (QED) is 0.103. The number of nitrogens with one attached hydrogen (secondary N) is 1. The number of benzene rings is 15. The van der Waals surface area contributed by atoms with Crippen LogP contribution in [0.25, 0.3) is 130 Å². The molecule has 0 saturated carbocycles. The molecule has 0 radical (unpaired) electrons. The van der Waals surface area contributed by atoms with Gasteiger partial charge >= 0.3 is 0 Å². The minimum Gasteiger partial charge on any atom is -0.354 e. The SMILES string of the molecule is CC(C)c1cccc(C(C)C)c1N1C(=O)c2ccc3c4cccc5c6c(cc(c7ccc(c2c37)C1=O)c45)[nH]c1cc(N(c2ccc3ccc4cc(C(C)(C)C)cc5ccc2c3c45)c2ccc3ccc4cc(C(C)(C)C)cc5ccc2c3c45)ccc16. The second-order valence-corrected chi connectivity index (χ2v) is 27.2. The molecule has 15 aromatic carbocycles. The molecule has 0 atom stereocenters. The van der Waals surface area contributed by atoms with Gasteiger partial charge in [-0.1, -0.05) is 209 Å². The summed E-state index contributed by atoms with van der Waals surface area (Å²) in [4.78, 5) is 38.3. The van der Waals surface area contributed by atoms with Gasteiger partial charge in [0.25, 0.3) is 11.8 Å². The van der Waals surface area contributed by atoms with Crippen molar-refractivity contribution in [3.8, 4) is 0 Å². The first-order valence-corrected chi connectivity index (χ1v) is 30.3. The third kappa shape index (κ3) is 6.81. The normalized spacial score (nSPS) is 13.8. The van der Waals surface area contributed by atoms with Gasteiger partial charge in [0.1, 0.15) is 0 Å². The number of aromatic nitrogens is 1. The number of aromatic amines is 1. The van der Waals surface area contributed by atoms with Crippen molar-refractivity contribution in [1.82, 2.24) is 4.98 Å². The molecule has 2 amide bonds. The summed E-state index contributed by atoms with van der Waals surface area (Å²) in [5.74, 6) is -0.328. The fourth-order valence-electron chi connectivity index (χ4n) is 15.3. The second-order valence-electron chi connectivity index (χ2n) is 27.2. The number of carbonyl (C=O) groups is 2. The van der Waals surface area contributed by atoms with Crippen LogP contribution in [0.3, 0.4) is 0 Å². The first-order chi connectivity index (χ1) is 40.9. The average molecular weight is 1100 g/mol. The summed E-state index contributed by atoms with van der Waals surface area (Å²) in [6, 6.07) is 67.9. The summed E-state index contributed by atoms with van der Waals surface area (Å²) < 4.78 is 0. The Bertz CT molecular complexity index is 5370. The largest absolute Gasteiger partial charge is 0.354 e. The monoisotopic (exact) mass is 1100 g/mol. The van der Waals surface area contributed by atoms with Gasteiger partial charge in [-0.3, -0.25) is 9.59 Å². The van der Waals surface area contributed by atoms with Gasteiger partial charge in [0, 0.05) is 54.8 Å². The number of imide groups is 1. The van der Waals surface area contributed by atoms with Crippen LogP contribution in [0.5, 0.6) is 0 Å². The number of anilines is 4. The summed E-state index contributed by atoms with van der Waals surface area (Å²) in [6.07, 6.45) is 0. The molecule has 5 heteroatoms. The summed E-state index contributed by atoms with van der Waals surface area (Å²) in [6.45, 7) is 22.3. The van der Waals surface area contributed by atoms with Gasteiger partial charge in [0.2, 0.25) is 0 Å². The molecule has 0 unspecified atom stereocenters. The predicted octanol–water partition coefficient (Wildman–Crippen LogP) is 22.3. The third-order valence-corrected chi connectivity index (χ3v) is 19.5. The van der Waals surface area contributed by atoms with Crippen molar-refractivity contribution in [2.75, 3.05) is 9.80 Å². The fraction of sp³-hybridized carbons (Fsp3) is 0.175. The van der Waals surface area contributed by atoms with E-state index < -0.39 is 0 Å². The highest BCUT2D eigenvalue weighted by molar-refractivity contribution is 6.44. The first kappa shape index (κ1) is 50.0. The number of hydrogen-bond donors (Lipinski definition) is 1. The Labute approximate surface area is 493 Å². The van der Waals surface area contributed by atoms with Crippen LogP contribution in [0, 0.1) is 0 Å². The maximum absolute atomic E-state index is 15.1. The summed E-state index contributed by atoms with van der Waals surface area (Å²) >= 11 is 0. The lowest BCUT2D eigenvalue weighted by atomic mass is 9.83. The van der Waals surface area contributed by atoms with Crippen molar-refractivity contribution in [2.45, 2.75) is 91.9 Å². The third-order valence-electron chi connectivity index (χ3n) is 19.5. The van der Waals surface area contributed by atoms with Crippen LogP contribution in [0.15, 0.2) is 182 Å². The van der Waals surface area contributed by atoms with Crippen molar-refractivity contribution < 1.29 is 9.59 Å². The van der Waals surface area contributed by atoms with E-state index in [9.17, 15) is 0 Å². The highest BCUT2D eigenvalue weighted by atomic mass is 16.2. The van der Waals surface area contributed by atoms with Gasteiger partial charge in [-0.2, -0.15) is 0 Å². The molecule has 0 aliphatic carbocycles. The smallest absolute Gasteiger partial charge is 0.266 e. The second kappa shape index (κ2) is 17.0. The van der Waals surface area contributed by atoms with E-state index in [2.05, 4.69) is 249 Å². The molecule has 0 saturated heterocycles. The van der Waals surface area contributed by atoms with Crippen molar-refractivity contribution in [2.24, 2.45) is 0 Å². The van der Waals surface area contributed by atoms with Crippen molar-refractivity contribution in [3.63, 3.8) is 0 Å². The molecule has 16 aromatic rings. The van der Waals surface area contributed by atoms with E-state index in [0.29, 0.717) is 11.1 Å². The van der Waals surface area contributed by atoms with Gasteiger partial charge < -0.3 is 9.88 Å². The Hall–Kier alpha value is -9.58. The number of nitrogens with zero attached hydrogens (tertiary/aromatic N) is 2. The Morgan fingerprint density at radius 1 is 0.365 bits per heavy atom. The van der Waals surface area contributed by atoms with E-state index >= 15 is 9.59 Å². The molecule has 1 N–H and O–H groups in total. The Balaban J connectivity index is 0.894. The van der Waals surface area contributed by atoms with Gasteiger partial charge in [0.15, 0.2) is 0 Å². The maximum Gasteiger partial charge on any atom is 0.266 e. The van der Waals surface area contributed by atoms with Crippen LogP contribution in [-0.2, 0) is 10.8 Å². The number of para-hydroxylation sites is 1. The summed E-state index contributed by atoms with van der Waals surface area (Å²) in [5.41, 5.74) is 11.9. The highest BCUT2D eigenvalue weighted by Crippen LogP contribution is 2.52. The van der Waals surface area contributed by atoms with E-state index in [0.717, 1.165) is 88.0 Å². The van der Waals surface area contributed by atoms with Crippen LogP contribution in [-0.4, -0.2) is 16.8 Å². The predicted molar refractivity (Wildman–Crippen MR) is 362 cm³/mol. The van der Waals surface area contributed by atoms with Crippen LogP contribution >= 0.6 is 0 Å². The average Bonchev–Trinajstić information content (AvgIpc) is 1.58. The number of carbonyl (C=O) groups excluding carboxylic acids is 2. The van der Waals surface area contributed by atoms with Crippen molar-refractivity contribution in [3.05, 3.63) is 215 Å². The van der Waals surface area contributed by atoms with Crippen molar-refractivity contribution in [1.29, 1.82) is 0 Å². The van der Waals surface area contributed by atoms with Gasteiger partial charge in [-0.25, -0.2) is 4.90 Å². The first-order valence-electron chi connectivity index (χ1n) is 30.3. The van der Waals surface area contributed by atoms with Crippen LogP contribution < -0.4 is 9.80 Å². The van der Waals surface area contributed by atoms with E-state index in [-0.39, 0.29) is 34.5 Å². The molecule has 410 valence electrons.